The molecule has 1 heterocycles. The van der Waals surface area contributed by atoms with E-state index in [4.69, 9.17) is 20.8 Å². The Morgan fingerprint density at radius 1 is 1.00 bits per heavy atom. The van der Waals surface area contributed by atoms with Gasteiger partial charge in [-0.25, -0.2) is 4.99 Å². The summed E-state index contributed by atoms with van der Waals surface area (Å²) in [6, 6.07) is 21.6. The van der Waals surface area contributed by atoms with Gasteiger partial charge in [0.1, 0.15) is 22.1 Å². The number of hydrogen-bond donors (Lipinski definition) is 1. The fourth-order valence-electron chi connectivity index (χ4n) is 3.02. The van der Waals surface area contributed by atoms with Gasteiger partial charge in [0.25, 0.3) is 5.69 Å². The third-order valence-electron chi connectivity index (χ3n) is 4.47. The van der Waals surface area contributed by atoms with E-state index in [-0.39, 0.29) is 10.7 Å². The summed E-state index contributed by atoms with van der Waals surface area (Å²) in [7, 11) is -4.39. The van der Waals surface area contributed by atoms with Crippen LogP contribution in [0.2, 0.25) is 5.02 Å². The van der Waals surface area contributed by atoms with Crippen LogP contribution in [0.25, 0.3) is 22.3 Å². The average Bonchev–Trinajstić information content (AvgIpc) is 2.79. The molecule has 6 nitrogen and oxygen atoms in total. The number of fused-ring (bicyclic) bond motifs is 1. The lowest BCUT2D eigenvalue weighted by molar-refractivity contribution is -0.405. The minimum absolute atomic E-state index is 0.0902. The molecule has 0 atom stereocenters. The number of nitro groups is 1. The first-order chi connectivity index (χ1) is 16.0. The van der Waals surface area contributed by atoms with Crippen molar-refractivity contribution in [3.8, 4) is 17.1 Å². The van der Waals surface area contributed by atoms with Gasteiger partial charge in [-0.15, -0.1) is 0 Å². The van der Waals surface area contributed by atoms with E-state index in [0.29, 0.717) is 17.0 Å². The van der Waals surface area contributed by atoms with Crippen LogP contribution in [0.5, 0.6) is 5.75 Å². The lowest BCUT2D eigenvalue weighted by Crippen LogP contribution is -2.70. The van der Waals surface area contributed by atoms with E-state index >= 15 is 0 Å². The van der Waals surface area contributed by atoms with E-state index in [9.17, 15) is 27.4 Å². The summed E-state index contributed by atoms with van der Waals surface area (Å²) in [6.07, 6.45) is 0. The molecule has 0 unspecified atom stereocenters. The third kappa shape index (κ3) is 6.58. The lowest BCUT2D eigenvalue weighted by atomic mass is 10.1. The van der Waals surface area contributed by atoms with Crippen molar-refractivity contribution < 1.29 is 36.3 Å². The topological polar surface area (TPSA) is 79.5 Å². The second-order valence-electron chi connectivity index (χ2n) is 6.79. The molecule has 12 heteroatoms. The van der Waals surface area contributed by atoms with Gasteiger partial charge in [-0.1, -0.05) is 23.7 Å². The van der Waals surface area contributed by atoms with Crippen molar-refractivity contribution in [1.29, 1.82) is 0 Å². The number of nitro benzene ring substituents is 1. The van der Waals surface area contributed by atoms with E-state index in [2.05, 4.69) is 4.99 Å². The number of benzene rings is 3. The van der Waals surface area contributed by atoms with Crippen molar-refractivity contribution in [3.05, 3.63) is 93.3 Å². The summed E-state index contributed by atoms with van der Waals surface area (Å²) in [5.74, 6) is 1.40. The van der Waals surface area contributed by atoms with Crippen molar-refractivity contribution in [2.75, 3.05) is 7.11 Å². The van der Waals surface area contributed by atoms with Crippen molar-refractivity contribution in [2.45, 2.75) is 0 Å². The summed E-state index contributed by atoms with van der Waals surface area (Å²) >= 11 is 5.92. The second kappa shape index (κ2) is 10.4. The maximum Gasteiger partial charge on any atom is 0.673 e. The van der Waals surface area contributed by atoms with Gasteiger partial charge in [0.05, 0.1) is 29.6 Å². The van der Waals surface area contributed by atoms with Crippen molar-refractivity contribution in [3.63, 3.8) is 0 Å². The standard InChI is InChI=1S/C22H15ClN2O4.BF4/c1-28-16-9-6-14(7-10-16)22-13-19(17-4-2-3-5-21(17)29-22)24-15-8-11-18(23)20(12-15)25(26)27;2-1(3,4)5/h2-13H,1H3;/q;-1/p+1. The van der Waals surface area contributed by atoms with Crippen LogP contribution in [-0.2, 0) is 0 Å². The summed E-state index contributed by atoms with van der Waals surface area (Å²) in [4.78, 5) is 13.9. The Kier molecular flexibility index (Phi) is 7.57. The highest BCUT2D eigenvalue weighted by atomic mass is 35.5. The maximum atomic E-state index is 11.2. The van der Waals surface area contributed by atoms with Crippen LogP contribution in [0.4, 0.5) is 28.6 Å². The average molecular weight is 495 g/mol. The number of methoxy groups -OCH3 is 1. The fraction of sp³-hybridized carbons (Fsp3) is 0.0455. The van der Waals surface area contributed by atoms with E-state index < -0.39 is 12.2 Å². The number of halogens is 5. The molecule has 0 spiro atoms. The minimum atomic E-state index is -6.00. The number of para-hydroxylation sites is 1. The van der Waals surface area contributed by atoms with Gasteiger partial charge in [0, 0.05) is 11.6 Å². The molecule has 34 heavy (non-hydrogen) atoms. The highest BCUT2D eigenvalue weighted by Gasteiger charge is 2.20. The smallest absolute Gasteiger partial charge is 0.497 e. The molecule has 0 amide bonds. The Morgan fingerprint density at radius 2 is 1.65 bits per heavy atom. The molecular formula is C22H16BClF4N2O4. The number of rotatable bonds is 4. The Balaban J connectivity index is 0.000000588. The summed E-state index contributed by atoms with van der Waals surface area (Å²) < 4.78 is 50.3. The molecule has 0 aliphatic heterocycles. The monoisotopic (exact) mass is 494 g/mol. The molecule has 176 valence electrons. The predicted octanol–water partition coefficient (Wildman–Crippen LogP) is 5.28. The molecule has 0 bridgehead atoms. The number of hydrogen-bond acceptors (Lipinski definition) is 4. The van der Waals surface area contributed by atoms with E-state index in [0.717, 1.165) is 22.1 Å². The SMILES string of the molecule is COc1ccc(-c2cc(=[NH+]c3ccc(Cl)c([N+](=O)[O-])c3)c3ccccc3o2)cc1.F[B-](F)(F)F. The van der Waals surface area contributed by atoms with Crippen LogP contribution in [0.15, 0.2) is 77.2 Å². The van der Waals surface area contributed by atoms with Gasteiger partial charge in [-0.05, 0) is 42.5 Å². The Morgan fingerprint density at radius 3 is 2.26 bits per heavy atom. The molecule has 1 N–H and O–H groups in total. The highest BCUT2D eigenvalue weighted by Crippen LogP contribution is 2.26. The maximum absolute atomic E-state index is 11.2. The van der Waals surface area contributed by atoms with Gasteiger partial charge in [-0.3, -0.25) is 10.1 Å². The van der Waals surface area contributed by atoms with Crippen molar-refractivity contribution >= 4 is 41.2 Å². The van der Waals surface area contributed by atoms with E-state index in [1.165, 1.54) is 12.1 Å². The molecule has 0 fully saturated rings. The molecule has 4 aromatic rings. The highest BCUT2D eigenvalue weighted by molar-refractivity contribution is 6.50. The molecule has 4 rings (SSSR count). The van der Waals surface area contributed by atoms with Crippen LogP contribution in [0.3, 0.4) is 0 Å². The van der Waals surface area contributed by atoms with E-state index in [1.807, 2.05) is 54.6 Å². The zero-order valence-electron chi connectivity index (χ0n) is 17.5. The van der Waals surface area contributed by atoms with Crippen LogP contribution >= 0.6 is 11.6 Å². The molecule has 0 aliphatic carbocycles. The predicted molar refractivity (Wildman–Crippen MR) is 120 cm³/mol. The van der Waals surface area contributed by atoms with Gasteiger partial charge in [0.15, 0.2) is 0 Å². The minimum Gasteiger partial charge on any atom is -0.497 e. The molecular weight excluding hydrogens is 479 g/mol. The molecule has 0 saturated carbocycles. The van der Waals surface area contributed by atoms with Gasteiger partial charge >= 0.3 is 7.25 Å². The zero-order chi connectivity index (χ0) is 24.9. The van der Waals surface area contributed by atoms with Crippen LogP contribution < -0.4 is 15.1 Å². The lowest BCUT2D eigenvalue weighted by Gasteiger charge is -2.04. The number of nitrogens with zero attached hydrogens (tertiary/aromatic N) is 1. The molecule has 0 aliphatic rings. The normalized spacial score (nSPS) is 11.6. The summed E-state index contributed by atoms with van der Waals surface area (Å²) in [6.45, 7) is 0. The molecule has 0 saturated heterocycles. The second-order valence-corrected chi connectivity index (χ2v) is 7.20. The third-order valence-corrected chi connectivity index (χ3v) is 4.79. The van der Waals surface area contributed by atoms with Crippen LogP contribution in [0.1, 0.15) is 0 Å². The van der Waals surface area contributed by atoms with Gasteiger partial charge in [0.2, 0.25) is 11.0 Å². The Bertz CT molecular complexity index is 1390. The number of nitrogens with one attached hydrogen (secondary N) is 1. The van der Waals surface area contributed by atoms with Gasteiger partial charge in [-0.2, -0.15) is 0 Å². The molecule has 1 aromatic heterocycles. The first kappa shape index (κ1) is 24.8. The largest absolute Gasteiger partial charge is 0.673 e. The zero-order valence-corrected chi connectivity index (χ0v) is 18.2. The van der Waals surface area contributed by atoms with Crippen LogP contribution in [-0.4, -0.2) is 19.3 Å². The number of ether oxygens (including phenoxy) is 1. The first-order valence-electron chi connectivity index (χ1n) is 9.64. The Hall–Kier alpha value is -3.86. The fourth-order valence-corrected chi connectivity index (χ4v) is 3.21. The van der Waals surface area contributed by atoms with E-state index in [1.54, 1.807) is 13.2 Å². The van der Waals surface area contributed by atoms with Crippen molar-refractivity contribution in [2.24, 2.45) is 0 Å². The summed E-state index contributed by atoms with van der Waals surface area (Å²) in [5, 5.41) is 12.9. The van der Waals surface area contributed by atoms with Crippen molar-refractivity contribution in [1.82, 2.24) is 0 Å². The van der Waals surface area contributed by atoms with Crippen LogP contribution in [0, 0.1) is 10.1 Å². The van der Waals surface area contributed by atoms with Gasteiger partial charge < -0.3 is 26.4 Å². The summed E-state index contributed by atoms with van der Waals surface area (Å²) in [5.41, 5.74) is 1.96. The molecule has 3 aromatic carbocycles. The first-order valence-corrected chi connectivity index (χ1v) is 10.0. The Labute approximate surface area is 195 Å². The quantitative estimate of drug-likeness (QED) is 0.181. The molecule has 0 radical (unpaired) electrons.